The van der Waals surface area contributed by atoms with Crippen molar-refractivity contribution in [2.24, 2.45) is 0 Å². The Morgan fingerprint density at radius 1 is 0.395 bits per heavy atom. The van der Waals surface area contributed by atoms with Crippen molar-refractivity contribution in [3.05, 3.63) is 304 Å². The number of aromatic nitrogens is 1. The Balaban J connectivity index is 1.000. The van der Waals surface area contributed by atoms with Gasteiger partial charge < -0.3 is 42.6 Å². The van der Waals surface area contributed by atoms with E-state index < -0.39 is 18.2 Å². The molecule has 1 aliphatic rings. The molecule has 11 heteroatoms. The molecule has 0 spiro atoms. The molecule has 9 aromatic carbocycles. The van der Waals surface area contributed by atoms with Crippen LogP contribution in [0.1, 0.15) is 66.7 Å². The predicted octanol–water partition coefficient (Wildman–Crippen LogP) is 15.0. The normalized spacial score (nSPS) is 13.4. The third-order valence-electron chi connectivity index (χ3n) is 13.4. The van der Waals surface area contributed by atoms with Gasteiger partial charge in [0, 0.05) is 29.7 Å². The largest absolute Gasteiger partial charge is 0.489 e. The highest BCUT2D eigenvalue weighted by Gasteiger charge is 2.39. The lowest BCUT2D eigenvalue weighted by molar-refractivity contribution is -0.0196. The molecule has 11 rings (SSSR count). The fraction of sp³-hybridized carbons (Fsp3) is 0.143. The number of hydrogen-bond donors (Lipinski definition) is 0. The minimum absolute atomic E-state index is 0.00306. The van der Waals surface area contributed by atoms with Gasteiger partial charge in [-0.15, -0.1) is 0 Å². The number of carbonyl (C=O) groups excluding carboxylic acids is 1. The summed E-state index contributed by atoms with van der Waals surface area (Å²) in [6, 6.07) is 79.9. The van der Waals surface area contributed by atoms with Crippen LogP contribution in [0.2, 0.25) is 0 Å². The van der Waals surface area contributed by atoms with E-state index in [9.17, 15) is 4.79 Å². The van der Waals surface area contributed by atoms with Crippen LogP contribution in [-0.2, 0) is 57.4 Å². The molecule has 11 nitrogen and oxygen atoms in total. The smallest absolute Gasteiger partial charge is 0.357 e. The van der Waals surface area contributed by atoms with E-state index in [1.165, 1.54) is 0 Å². The summed E-state index contributed by atoms with van der Waals surface area (Å²) in [5, 5.41) is 0. The number of esters is 1. The van der Waals surface area contributed by atoms with E-state index in [2.05, 4.69) is 0 Å². The van der Waals surface area contributed by atoms with Crippen molar-refractivity contribution in [1.29, 1.82) is 0 Å². The molecule has 2 heterocycles. The first-order valence-corrected chi connectivity index (χ1v) is 26.9. The molecule has 0 N–H and O–H groups in total. The third kappa shape index (κ3) is 14.4. The summed E-state index contributed by atoms with van der Waals surface area (Å²) in [4.78, 5) is 19.7. The van der Waals surface area contributed by atoms with Gasteiger partial charge in [0.15, 0.2) is 29.0 Å². The zero-order valence-corrected chi connectivity index (χ0v) is 44.5. The molecule has 1 aliphatic heterocycles. The number of ether oxygens (including phenoxy) is 9. The molecule has 1 aromatic heterocycles. The average molecular weight is 1070 g/mol. The maximum atomic E-state index is 15.0. The van der Waals surface area contributed by atoms with E-state index >= 15 is 0 Å². The van der Waals surface area contributed by atoms with Crippen molar-refractivity contribution in [3.63, 3.8) is 0 Å². The van der Waals surface area contributed by atoms with Gasteiger partial charge in [-0.2, -0.15) is 0 Å². The maximum Gasteiger partial charge on any atom is 0.357 e. The topological polar surface area (TPSA) is 113 Å². The van der Waals surface area contributed by atoms with Gasteiger partial charge in [0.2, 0.25) is 5.75 Å². The van der Waals surface area contributed by atoms with Crippen LogP contribution in [0, 0.1) is 0 Å². The predicted molar refractivity (Wildman–Crippen MR) is 309 cm³/mol. The monoisotopic (exact) mass is 1070 g/mol. The Hall–Kier alpha value is -10.0. The standard InChI is InChI=1S/C70H59NO10/c72-70(60-36-37-61(74-44-51-24-10-2-11-25-51)69(71-60)79-49-56-34-20-7-21-35-56)81-66-42-59-62(75-45-52-26-12-3-13-27-52)40-58(73-43-50-22-8-1-9-23-50)41-63(59)80-67(66)57-38-64(76-46-53-28-14-4-15-29-53)68(78-48-55-32-18-6-19-33-55)65(39-57)77-47-54-30-16-5-17-31-54/h1-41,66-67H,42-49H2. The second kappa shape index (κ2) is 26.6. The van der Waals surface area contributed by atoms with Crippen molar-refractivity contribution >= 4 is 5.97 Å². The average Bonchev–Trinajstić information content (AvgIpc) is 3.64. The number of nitrogens with zero attached hydrogens (tertiary/aromatic N) is 1. The van der Waals surface area contributed by atoms with Gasteiger partial charge in [-0.3, -0.25) is 0 Å². The van der Waals surface area contributed by atoms with E-state index in [4.69, 9.17) is 47.6 Å². The molecular weight excluding hydrogens is 1010 g/mol. The number of pyridine rings is 1. The second-order valence-corrected chi connectivity index (χ2v) is 19.4. The Bertz CT molecular complexity index is 3530. The van der Waals surface area contributed by atoms with Gasteiger partial charge in [-0.1, -0.05) is 212 Å². The van der Waals surface area contributed by atoms with Crippen LogP contribution in [0.5, 0.6) is 46.1 Å². The van der Waals surface area contributed by atoms with Gasteiger partial charge in [-0.05, 0) is 63.2 Å². The highest BCUT2D eigenvalue weighted by Crippen LogP contribution is 2.48. The molecule has 0 aliphatic carbocycles. The first-order chi connectivity index (χ1) is 40.0. The van der Waals surface area contributed by atoms with E-state index in [0.29, 0.717) is 58.0 Å². The van der Waals surface area contributed by atoms with Crippen LogP contribution in [-0.4, -0.2) is 17.1 Å². The Kier molecular flexibility index (Phi) is 17.4. The van der Waals surface area contributed by atoms with Crippen molar-refractivity contribution in [2.75, 3.05) is 0 Å². The summed E-state index contributed by atoms with van der Waals surface area (Å²) < 4.78 is 59.9. The SMILES string of the molecule is O=C(OC1Cc2c(OCc3ccccc3)cc(OCc3ccccc3)cc2OC1c1cc(OCc2ccccc2)c(OCc2ccccc2)c(OCc2ccccc2)c1)c1ccc(OCc2ccccc2)c(OCc2ccccc2)n1. The van der Waals surface area contributed by atoms with Crippen LogP contribution in [0.25, 0.3) is 0 Å². The quantitative estimate of drug-likeness (QED) is 0.0539. The molecule has 0 saturated heterocycles. The van der Waals surface area contributed by atoms with E-state index in [1.54, 1.807) is 12.1 Å². The summed E-state index contributed by atoms with van der Waals surface area (Å²) >= 11 is 0. The highest BCUT2D eigenvalue weighted by atomic mass is 16.6. The molecular formula is C70H59NO10. The summed E-state index contributed by atoms with van der Waals surface area (Å²) in [6.07, 6.45) is -1.78. The second-order valence-electron chi connectivity index (χ2n) is 19.4. The Morgan fingerprint density at radius 2 is 0.778 bits per heavy atom. The number of benzene rings is 9. The molecule has 0 saturated carbocycles. The number of rotatable bonds is 24. The fourth-order valence-electron chi connectivity index (χ4n) is 9.23. The summed E-state index contributed by atoms with van der Waals surface area (Å²) in [7, 11) is 0. The van der Waals surface area contributed by atoms with Crippen LogP contribution >= 0.6 is 0 Å². The number of carbonyl (C=O) groups is 1. The molecule has 404 valence electrons. The third-order valence-corrected chi connectivity index (χ3v) is 13.4. The van der Waals surface area contributed by atoms with E-state index in [1.807, 2.05) is 237 Å². The summed E-state index contributed by atoms with van der Waals surface area (Å²) in [6.45, 7) is 1.66. The number of hydrogen-bond acceptors (Lipinski definition) is 11. The van der Waals surface area contributed by atoms with E-state index in [-0.39, 0.29) is 57.6 Å². The fourth-order valence-corrected chi connectivity index (χ4v) is 9.23. The van der Waals surface area contributed by atoms with Crippen LogP contribution in [0.4, 0.5) is 0 Å². The first-order valence-electron chi connectivity index (χ1n) is 26.9. The van der Waals surface area contributed by atoms with Crippen LogP contribution in [0.15, 0.2) is 249 Å². The van der Waals surface area contributed by atoms with Crippen molar-refractivity contribution in [2.45, 2.75) is 64.9 Å². The zero-order chi connectivity index (χ0) is 54.8. The van der Waals surface area contributed by atoms with Gasteiger partial charge in [0.05, 0.1) is 0 Å². The molecule has 2 atom stereocenters. The van der Waals surface area contributed by atoms with Crippen LogP contribution < -0.4 is 37.9 Å². The lowest BCUT2D eigenvalue weighted by Gasteiger charge is -2.35. The van der Waals surface area contributed by atoms with Gasteiger partial charge in [0.25, 0.3) is 5.88 Å². The molecule has 0 radical (unpaired) electrons. The lowest BCUT2D eigenvalue weighted by Crippen LogP contribution is -2.35. The molecule has 81 heavy (non-hydrogen) atoms. The lowest BCUT2D eigenvalue weighted by atomic mass is 9.93. The van der Waals surface area contributed by atoms with Crippen molar-refractivity contribution < 1.29 is 47.4 Å². The molecule has 10 aromatic rings. The zero-order valence-electron chi connectivity index (χ0n) is 44.5. The molecule has 0 bridgehead atoms. The minimum atomic E-state index is -0.982. The van der Waals surface area contributed by atoms with Gasteiger partial charge in [-0.25, -0.2) is 9.78 Å². The van der Waals surface area contributed by atoms with Gasteiger partial charge >= 0.3 is 5.97 Å². The van der Waals surface area contributed by atoms with Crippen molar-refractivity contribution in [1.82, 2.24) is 4.98 Å². The first kappa shape index (κ1) is 53.0. The summed E-state index contributed by atoms with van der Waals surface area (Å²) in [5.74, 6) is 2.51. The van der Waals surface area contributed by atoms with E-state index in [0.717, 1.165) is 38.9 Å². The summed E-state index contributed by atoms with van der Waals surface area (Å²) in [5.41, 5.74) is 7.94. The van der Waals surface area contributed by atoms with Crippen LogP contribution in [0.3, 0.4) is 0 Å². The van der Waals surface area contributed by atoms with Gasteiger partial charge in [0.1, 0.15) is 69.6 Å². The maximum absolute atomic E-state index is 15.0. The molecule has 2 unspecified atom stereocenters. The Morgan fingerprint density at radius 3 is 1.22 bits per heavy atom. The molecule has 0 fully saturated rings. The minimum Gasteiger partial charge on any atom is -0.489 e. The molecule has 0 amide bonds. The number of fused-ring (bicyclic) bond motifs is 1. The highest BCUT2D eigenvalue weighted by molar-refractivity contribution is 5.88. The van der Waals surface area contributed by atoms with Crippen molar-refractivity contribution in [3.8, 4) is 46.1 Å². The Labute approximate surface area is 471 Å².